The standard InChI is InChI=1S/C30H28F3N3O/c1-28(2,3)23-13-20(12-19-8-6-7-9-22(19)23)24-15-21(17-34-36-24)18-10-11-26-25(14-18)35-27(37-26)16-29(4,5)30(31,32)33/h6-15,17H,16H2,1-5H3. The minimum atomic E-state index is -4.35. The maximum Gasteiger partial charge on any atom is 0.394 e. The fraction of sp³-hybridized carbons (Fsp3) is 0.300. The van der Waals surface area contributed by atoms with Gasteiger partial charge in [-0.1, -0.05) is 65.0 Å². The average molecular weight is 504 g/mol. The van der Waals surface area contributed by atoms with Crippen LogP contribution < -0.4 is 0 Å². The van der Waals surface area contributed by atoms with Crippen LogP contribution >= 0.6 is 0 Å². The topological polar surface area (TPSA) is 51.8 Å². The molecule has 5 aromatic rings. The van der Waals surface area contributed by atoms with Crippen LogP contribution in [0, 0.1) is 5.41 Å². The van der Waals surface area contributed by atoms with Crippen molar-refractivity contribution in [3.05, 3.63) is 78.3 Å². The molecule has 0 spiro atoms. The summed E-state index contributed by atoms with van der Waals surface area (Å²) in [5.41, 5.74) is 3.55. The second kappa shape index (κ2) is 8.68. The second-order valence-electron chi connectivity index (χ2n) is 11.2. The van der Waals surface area contributed by atoms with Crippen molar-refractivity contribution in [2.75, 3.05) is 0 Å². The lowest BCUT2D eigenvalue weighted by atomic mass is 9.82. The van der Waals surface area contributed by atoms with Crippen molar-refractivity contribution >= 4 is 21.9 Å². The van der Waals surface area contributed by atoms with E-state index in [0.717, 1.165) is 41.6 Å². The van der Waals surface area contributed by atoms with Crippen LogP contribution in [0.1, 0.15) is 46.1 Å². The molecule has 0 atom stereocenters. The molecule has 0 unspecified atom stereocenters. The maximum absolute atomic E-state index is 13.3. The molecule has 0 bridgehead atoms. The monoisotopic (exact) mass is 503 g/mol. The largest absolute Gasteiger partial charge is 0.441 e. The number of oxazole rings is 1. The molecule has 0 aliphatic rings. The van der Waals surface area contributed by atoms with Crippen molar-refractivity contribution in [1.29, 1.82) is 0 Å². The Hall–Kier alpha value is -3.74. The lowest BCUT2D eigenvalue weighted by Crippen LogP contribution is -2.34. The Bertz CT molecular complexity index is 1610. The van der Waals surface area contributed by atoms with Gasteiger partial charge in [-0.3, -0.25) is 0 Å². The van der Waals surface area contributed by atoms with E-state index in [2.05, 4.69) is 60.2 Å². The second-order valence-corrected chi connectivity index (χ2v) is 11.2. The van der Waals surface area contributed by atoms with E-state index in [4.69, 9.17) is 4.42 Å². The molecular formula is C30H28F3N3O. The first-order valence-corrected chi connectivity index (χ1v) is 12.1. The van der Waals surface area contributed by atoms with E-state index in [9.17, 15) is 13.2 Å². The molecule has 2 aromatic heterocycles. The highest BCUT2D eigenvalue weighted by atomic mass is 19.4. The first kappa shape index (κ1) is 24.9. The molecule has 37 heavy (non-hydrogen) atoms. The molecule has 0 N–H and O–H groups in total. The normalized spacial score (nSPS) is 13.0. The molecule has 4 nitrogen and oxygen atoms in total. The Morgan fingerprint density at radius 1 is 0.811 bits per heavy atom. The summed E-state index contributed by atoms with van der Waals surface area (Å²) in [4.78, 5) is 4.35. The summed E-state index contributed by atoms with van der Waals surface area (Å²) in [6.45, 7) is 8.87. The Kier molecular flexibility index (Phi) is 5.85. The first-order valence-electron chi connectivity index (χ1n) is 12.1. The Morgan fingerprint density at radius 2 is 1.57 bits per heavy atom. The van der Waals surface area contributed by atoms with Crippen LogP contribution in [-0.2, 0) is 11.8 Å². The van der Waals surface area contributed by atoms with E-state index in [1.165, 1.54) is 10.9 Å². The van der Waals surface area contributed by atoms with Gasteiger partial charge in [0, 0.05) is 17.5 Å². The lowest BCUT2D eigenvalue weighted by molar-refractivity contribution is -0.212. The van der Waals surface area contributed by atoms with E-state index in [0.29, 0.717) is 11.1 Å². The van der Waals surface area contributed by atoms with Gasteiger partial charge in [0.05, 0.1) is 17.3 Å². The van der Waals surface area contributed by atoms with E-state index < -0.39 is 11.6 Å². The molecule has 5 rings (SSSR count). The lowest BCUT2D eigenvalue weighted by Gasteiger charge is -2.25. The van der Waals surface area contributed by atoms with E-state index >= 15 is 0 Å². The van der Waals surface area contributed by atoms with Crippen LogP contribution in [-0.4, -0.2) is 21.4 Å². The van der Waals surface area contributed by atoms with Gasteiger partial charge in [0.1, 0.15) is 5.52 Å². The first-order chi connectivity index (χ1) is 17.3. The Balaban J connectivity index is 1.53. The zero-order chi connectivity index (χ0) is 26.6. The van der Waals surface area contributed by atoms with Gasteiger partial charge in [-0.25, -0.2) is 4.98 Å². The van der Waals surface area contributed by atoms with Gasteiger partial charge in [-0.05, 0) is 57.6 Å². The maximum atomic E-state index is 13.3. The van der Waals surface area contributed by atoms with E-state index in [1.807, 2.05) is 30.3 Å². The number of hydrogen-bond donors (Lipinski definition) is 0. The summed E-state index contributed by atoms with van der Waals surface area (Å²) < 4.78 is 45.6. The van der Waals surface area contributed by atoms with Crippen LogP contribution in [0.15, 0.2) is 71.3 Å². The van der Waals surface area contributed by atoms with Gasteiger partial charge in [0.25, 0.3) is 0 Å². The van der Waals surface area contributed by atoms with E-state index in [1.54, 1.807) is 12.3 Å². The number of fused-ring (bicyclic) bond motifs is 2. The highest BCUT2D eigenvalue weighted by Crippen LogP contribution is 2.40. The van der Waals surface area contributed by atoms with Crippen LogP contribution in [0.2, 0.25) is 0 Å². The molecule has 0 aliphatic heterocycles. The number of aromatic nitrogens is 3. The van der Waals surface area contributed by atoms with Crippen LogP contribution in [0.25, 0.3) is 44.3 Å². The molecule has 2 heterocycles. The van der Waals surface area contributed by atoms with Gasteiger partial charge in [-0.2, -0.15) is 23.4 Å². The third-order valence-corrected chi connectivity index (χ3v) is 6.75. The van der Waals surface area contributed by atoms with Gasteiger partial charge in [-0.15, -0.1) is 0 Å². The molecule has 0 saturated carbocycles. The predicted molar refractivity (Wildman–Crippen MR) is 140 cm³/mol. The molecule has 3 aromatic carbocycles. The predicted octanol–water partition coefficient (Wildman–Crippen LogP) is 8.53. The summed E-state index contributed by atoms with van der Waals surface area (Å²) in [6.07, 6.45) is -3.02. The molecule has 0 radical (unpaired) electrons. The Morgan fingerprint density at radius 3 is 2.30 bits per heavy atom. The van der Waals surface area contributed by atoms with Crippen LogP contribution in [0.4, 0.5) is 13.2 Å². The molecule has 7 heteroatoms. The zero-order valence-corrected chi connectivity index (χ0v) is 21.4. The summed E-state index contributed by atoms with van der Waals surface area (Å²) in [5.74, 6) is 0.0638. The molecule has 0 amide bonds. The third-order valence-electron chi connectivity index (χ3n) is 6.75. The fourth-order valence-corrected chi connectivity index (χ4v) is 4.45. The third kappa shape index (κ3) is 4.82. The molecule has 0 fully saturated rings. The molecular weight excluding hydrogens is 475 g/mol. The quantitative estimate of drug-likeness (QED) is 0.247. The highest BCUT2D eigenvalue weighted by molar-refractivity contribution is 5.91. The molecule has 190 valence electrons. The van der Waals surface area contributed by atoms with Gasteiger partial charge < -0.3 is 4.42 Å². The Labute approximate surface area is 213 Å². The van der Waals surface area contributed by atoms with Crippen molar-refractivity contribution in [3.8, 4) is 22.4 Å². The zero-order valence-electron chi connectivity index (χ0n) is 21.4. The number of benzene rings is 3. The summed E-state index contributed by atoms with van der Waals surface area (Å²) in [5, 5.41) is 11.0. The van der Waals surface area contributed by atoms with Gasteiger partial charge >= 0.3 is 6.18 Å². The highest BCUT2D eigenvalue weighted by Gasteiger charge is 2.48. The van der Waals surface area contributed by atoms with Crippen molar-refractivity contribution in [2.45, 2.75) is 52.6 Å². The van der Waals surface area contributed by atoms with Crippen molar-refractivity contribution < 1.29 is 17.6 Å². The number of rotatable bonds is 4. The van der Waals surface area contributed by atoms with Crippen molar-refractivity contribution in [2.24, 2.45) is 5.41 Å². The van der Waals surface area contributed by atoms with Crippen molar-refractivity contribution in [1.82, 2.24) is 15.2 Å². The minimum absolute atomic E-state index is 0.0585. The average Bonchev–Trinajstić information content (AvgIpc) is 3.23. The van der Waals surface area contributed by atoms with Crippen LogP contribution in [0.3, 0.4) is 0 Å². The van der Waals surface area contributed by atoms with E-state index in [-0.39, 0.29) is 17.7 Å². The summed E-state index contributed by atoms with van der Waals surface area (Å²) in [7, 11) is 0. The minimum Gasteiger partial charge on any atom is -0.441 e. The van der Waals surface area contributed by atoms with Crippen molar-refractivity contribution in [3.63, 3.8) is 0 Å². The number of alkyl halides is 3. The smallest absolute Gasteiger partial charge is 0.394 e. The molecule has 0 saturated heterocycles. The SMILES string of the molecule is CC(C)(C)c1cc(-c2cc(-c3ccc4oc(CC(C)(C)C(F)(F)F)nc4c3)cnn2)cc2ccccc12. The fourth-order valence-electron chi connectivity index (χ4n) is 4.45. The van der Waals surface area contributed by atoms with Gasteiger partial charge in [0.2, 0.25) is 0 Å². The summed E-state index contributed by atoms with van der Waals surface area (Å²) >= 11 is 0. The molecule has 0 aliphatic carbocycles. The number of hydrogen-bond acceptors (Lipinski definition) is 4. The number of halogens is 3. The summed E-state index contributed by atoms with van der Waals surface area (Å²) in [6, 6.07) is 20.0. The van der Waals surface area contributed by atoms with Gasteiger partial charge in [0.15, 0.2) is 11.5 Å². The van der Waals surface area contributed by atoms with Crippen LogP contribution in [0.5, 0.6) is 0 Å². The number of nitrogens with zero attached hydrogens (tertiary/aromatic N) is 3.